The zero-order valence-corrected chi connectivity index (χ0v) is 17.6. The van der Waals surface area contributed by atoms with Crippen LogP contribution in [0.4, 0.5) is 0 Å². The van der Waals surface area contributed by atoms with Gasteiger partial charge < -0.3 is 4.57 Å². The van der Waals surface area contributed by atoms with Crippen LogP contribution in [-0.4, -0.2) is 24.3 Å². The Labute approximate surface area is 183 Å². The van der Waals surface area contributed by atoms with E-state index < -0.39 is 0 Å². The first-order chi connectivity index (χ1) is 14.8. The second-order valence-corrected chi connectivity index (χ2v) is 8.22. The molecule has 0 atom stereocenters. The van der Waals surface area contributed by atoms with Crippen LogP contribution in [0.3, 0.4) is 0 Å². The lowest BCUT2D eigenvalue weighted by Crippen LogP contribution is -2.05. The number of fused-ring (bicyclic) bond motifs is 1. The fourth-order valence-electron chi connectivity index (χ4n) is 3.42. The van der Waals surface area contributed by atoms with Gasteiger partial charge in [0.1, 0.15) is 12.2 Å². The number of nitrogens with zero attached hydrogens (tertiary/aromatic N) is 5. The van der Waals surface area contributed by atoms with Crippen molar-refractivity contribution in [1.29, 1.82) is 0 Å². The fraction of sp³-hybridized carbons (Fsp3) is 0.0870. The molecule has 5 nitrogen and oxygen atoms in total. The van der Waals surface area contributed by atoms with Crippen LogP contribution in [-0.2, 0) is 12.3 Å². The van der Waals surface area contributed by atoms with Gasteiger partial charge >= 0.3 is 0 Å². The predicted octanol–water partition coefficient (Wildman–Crippen LogP) is 5.61. The molecule has 5 aromatic rings. The maximum atomic E-state index is 6.21. The van der Waals surface area contributed by atoms with Crippen LogP contribution in [0.5, 0.6) is 0 Å². The Kier molecular flexibility index (Phi) is 5.26. The van der Waals surface area contributed by atoms with Gasteiger partial charge in [0.15, 0.2) is 5.16 Å². The van der Waals surface area contributed by atoms with Crippen LogP contribution < -0.4 is 0 Å². The molecule has 0 fully saturated rings. The summed E-state index contributed by atoms with van der Waals surface area (Å²) in [6, 6.07) is 26.4. The molecule has 0 saturated carbocycles. The van der Waals surface area contributed by atoms with Crippen LogP contribution >= 0.6 is 23.4 Å². The van der Waals surface area contributed by atoms with E-state index in [-0.39, 0.29) is 0 Å². The van der Waals surface area contributed by atoms with E-state index in [9.17, 15) is 0 Å². The summed E-state index contributed by atoms with van der Waals surface area (Å²) in [5.41, 5.74) is 4.24. The van der Waals surface area contributed by atoms with Crippen LogP contribution in [0.2, 0.25) is 5.02 Å². The van der Waals surface area contributed by atoms with Gasteiger partial charge in [-0.1, -0.05) is 71.9 Å². The van der Waals surface area contributed by atoms with Gasteiger partial charge in [-0.15, -0.1) is 10.2 Å². The van der Waals surface area contributed by atoms with E-state index in [1.165, 1.54) is 5.56 Å². The van der Waals surface area contributed by atoms with Crippen molar-refractivity contribution >= 4 is 34.4 Å². The molecule has 2 aromatic heterocycles. The van der Waals surface area contributed by atoms with Gasteiger partial charge in [-0.05, 0) is 35.9 Å². The Morgan fingerprint density at radius 1 is 0.900 bits per heavy atom. The number of benzene rings is 3. The quantitative estimate of drug-likeness (QED) is 0.328. The highest BCUT2D eigenvalue weighted by Crippen LogP contribution is 2.27. The molecule has 30 heavy (non-hydrogen) atoms. The van der Waals surface area contributed by atoms with Crippen LogP contribution in [0.25, 0.3) is 16.7 Å². The number of aromatic nitrogens is 5. The molecule has 148 valence electrons. The lowest BCUT2D eigenvalue weighted by Gasteiger charge is -2.10. The number of imidazole rings is 1. The summed E-state index contributed by atoms with van der Waals surface area (Å²) >= 11 is 7.83. The number of hydrogen-bond donors (Lipinski definition) is 0. The van der Waals surface area contributed by atoms with E-state index in [0.717, 1.165) is 34.2 Å². The molecule has 0 unspecified atom stereocenters. The molecule has 0 N–H and O–H groups in total. The maximum absolute atomic E-state index is 6.21. The number of hydrogen-bond acceptors (Lipinski definition) is 4. The summed E-state index contributed by atoms with van der Waals surface area (Å²) in [7, 11) is 0. The van der Waals surface area contributed by atoms with Gasteiger partial charge in [-0.25, -0.2) is 4.98 Å². The van der Waals surface area contributed by atoms with Gasteiger partial charge in [0.25, 0.3) is 0 Å². The minimum Gasteiger partial charge on any atom is -0.323 e. The smallest absolute Gasteiger partial charge is 0.196 e. The van der Waals surface area contributed by atoms with Crippen molar-refractivity contribution in [3.05, 3.63) is 102 Å². The third kappa shape index (κ3) is 3.84. The summed E-state index contributed by atoms with van der Waals surface area (Å²) in [6.07, 6.45) is 1.74. The first-order valence-corrected chi connectivity index (χ1v) is 10.9. The molecule has 0 aliphatic carbocycles. The average molecular weight is 432 g/mol. The minimum atomic E-state index is 0.671. The van der Waals surface area contributed by atoms with Gasteiger partial charge in [0.05, 0.1) is 16.8 Å². The predicted molar refractivity (Wildman–Crippen MR) is 121 cm³/mol. The highest BCUT2D eigenvalue weighted by Gasteiger charge is 2.14. The number of thioether (sulfide) groups is 1. The van der Waals surface area contributed by atoms with Crippen molar-refractivity contribution in [1.82, 2.24) is 24.3 Å². The third-order valence-corrected chi connectivity index (χ3v) is 6.03. The first-order valence-electron chi connectivity index (χ1n) is 9.55. The Hall–Kier alpha value is -3.09. The zero-order chi connectivity index (χ0) is 20.3. The van der Waals surface area contributed by atoms with Crippen LogP contribution in [0.1, 0.15) is 11.4 Å². The Morgan fingerprint density at radius 3 is 2.47 bits per heavy atom. The Balaban J connectivity index is 1.48. The number of halogens is 1. The summed E-state index contributed by atoms with van der Waals surface area (Å²) in [4.78, 5) is 4.87. The molecule has 0 bridgehead atoms. The third-order valence-electron chi connectivity index (χ3n) is 4.85. The number of para-hydroxylation sites is 1. The Bertz CT molecular complexity index is 1280. The SMILES string of the molecule is Clc1ccc2c(c1)nc(CSc1nncn1-c1ccccc1)n2Cc1ccccc1. The first kappa shape index (κ1) is 18.9. The van der Waals surface area contributed by atoms with Crippen molar-refractivity contribution in [3.63, 3.8) is 0 Å². The van der Waals surface area contributed by atoms with Crippen LogP contribution in [0.15, 0.2) is 90.3 Å². The summed E-state index contributed by atoms with van der Waals surface area (Å²) in [5.74, 6) is 1.65. The molecule has 0 aliphatic heterocycles. The normalized spacial score (nSPS) is 11.2. The standard InChI is InChI=1S/C23H18ClN5S/c24-18-11-12-21-20(13-18)26-22(28(21)14-17-7-3-1-4-8-17)15-30-23-27-25-16-29(23)19-9-5-2-6-10-19/h1-13,16H,14-15H2. The van der Waals surface area contributed by atoms with Crippen molar-refractivity contribution < 1.29 is 0 Å². The van der Waals surface area contributed by atoms with Gasteiger partial charge in [-0.3, -0.25) is 4.57 Å². The van der Waals surface area contributed by atoms with Crippen molar-refractivity contribution in [2.45, 2.75) is 17.5 Å². The molecule has 0 aliphatic rings. The summed E-state index contributed by atoms with van der Waals surface area (Å²) < 4.78 is 4.24. The Morgan fingerprint density at radius 2 is 1.67 bits per heavy atom. The molecular weight excluding hydrogens is 414 g/mol. The van der Waals surface area contributed by atoms with Gasteiger partial charge in [0.2, 0.25) is 0 Å². The summed E-state index contributed by atoms with van der Waals surface area (Å²) in [5, 5.41) is 9.93. The fourth-order valence-corrected chi connectivity index (χ4v) is 4.46. The molecule has 2 heterocycles. The zero-order valence-electron chi connectivity index (χ0n) is 16.0. The van der Waals surface area contributed by atoms with Crippen molar-refractivity contribution in [3.8, 4) is 5.69 Å². The van der Waals surface area contributed by atoms with Crippen molar-refractivity contribution in [2.24, 2.45) is 0 Å². The lowest BCUT2D eigenvalue weighted by atomic mass is 10.2. The molecule has 0 radical (unpaired) electrons. The molecule has 7 heteroatoms. The van der Waals surface area contributed by atoms with Crippen LogP contribution in [0, 0.1) is 0 Å². The monoisotopic (exact) mass is 431 g/mol. The summed E-state index contributed by atoms with van der Waals surface area (Å²) in [6.45, 7) is 0.750. The molecule has 0 saturated heterocycles. The van der Waals surface area contributed by atoms with E-state index in [0.29, 0.717) is 10.8 Å². The van der Waals surface area contributed by atoms with E-state index in [1.807, 2.05) is 59.2 Å². The van der Waals surface area contributed by atoms with Gasteiger partial charge in [-0.2, -0.15) is 0 Å². The van der Waals surface area contributed by atoms with Gasteiger partial charge in [0, 0.05) is 17.3 Å². The topological polar surface area (TPSA) is 48.5 Å². The average Bonchev–Trinajstić information content (AvgIpc) is 3.38. The van der Waals surface area contributed by atoms with Crippen molar-refractivity contribution in [2.75, 3.05) is 0 Å². The highest BCUT2D eigenvalue weighted by atomic mass is 35.5. The number of rotatable bonds is 6. The second kappa shape index (κ2) is 8.34. The lowest BCUT2D eigenvalue weighted by molar-refractivity contribution is 0.778. The molecule has 0 spiro atoms. The highest BCUT2D eigenvalue weighted by molar-refractivity contribution is 7.98. The van der Waals surface area contributed by atoms with E-state index in [1.54, 1.807) is 18.1 Å². The second-order valence-electron chi connectivity index (χ2n) is 6.84. The van der Waals surface area contributed by atoms with E-state index >= 15 is 0 Å². The van der Waals surface area contributed by atoms with E-state index in [2.05, 4.69) is 39.0 Å². The molecule has 3 aromatic carbocycles. The molecule has 0 amide bonds. The molecular formula is C23H18ClN5S. The van der Waals surface area contributed by atoms with E-state index in [4.69, 9.17) is 16.6 Å². The maximum Gasteiger partial charge on any atom is 0.196 e. The largest absolute Gasteiger partial charge is 0.323 e. The molecule has 5 rings (SSSR count). The minimum absolute atomic E-state index is 0.671.